The van der Waals surface area contributed by atoms with E-state index in [0.29, 0.717) is 0 Å². The van der Waals surface area contributed by atoms with Crippen molar-refractivity contribution in [2.75, 3.05) is 34.3 Å². The van der Waals surface area contributed by atoms with Crippen LogP contribution in [0.2, 0.25) is 0 Å². The summed E-state index contributed by atoms with van der Waals surface area (Å²) in [5.41, 5.74) is -2.56. The van der Waals surface area contributed by atoms with E-state index < -0.39 is 42.8 Å². The first-order valence-corrected chi connectivity index (χ1v) is 6.57. The van der Waals surface area contributed by atoms with Crippen LogP contribution in [0.5, 0.6) is 0 Å². The van der Waals surface area contributed by atoms with Crippen molar-refractivity contribution in [2.45, 2.75) is 18.4 Å². The average Bonchev–Trinajstić information content (AvgIpc) is 2.37. The van der Waals surface area contributed by atoms with Crippen molar-refractivity contribution in [2.24, 2.45) is 0 Å². The topological polar surface area (TPSA) is 199 Å². The van der Waals surface area contributed by atoms with Gasteiger partial charge in [-0.25, -0.2) is 4.79 Å². The number of quaternary nitrogens is 1. The van der Waals surface area contributed by atoms with Crippen LogP contribution in [-0.2, 0) is 28.7 Å². The van der Waals surface area contributed by atoms with Gasteiger partial charge in [-0.2, -0.15) is 0 Å². The van der Waals surface area contributed by atoms with Gasteiger partial charge in [0.2, 0.25) is 5.60 Å². The first kappa shape index (κ1) is 27.1. The fourth-order valence-electron chi connectivity index (χ4n) is 1.23. The minimum Gasteiger partial charge on any atom is -0.554 e. The second kappa shape index (κ2) is 13.7. The highest BCUT2D eigenvalue weighted by atomic mass is 16.6. The van der Waals surface area contributed by atoms with Crippen molar-refractivity contribution in [3.05, 3.63) is 0 Å². The number of nitrogens with zero attached hydrogens (tertiary/aromatic N) is 1. The van der Waals surface area contributed by atoms with Crippen LogP contribution in [0.25, 0.3) is 0 Å². The van der Waals surface area contributed by atoms with Crippen LogP contribution in [0.4, 0.5) is 0 Å². The van der Waals surface area contributed by atoms with Gasteiger partial charge in [-0.1, -0.05) is 0 Å². The number of carbonyl (C=O) groups is 5. The summed E-state index contributed by atoms with van der Waals surface area (Å²) < 4.78 is 4.91. The molecule has 0 aliphatic carbocycles. The summed E-state index contributed by atoms with van der Waals surface area (Å²) in [6.07, 6.45) is -2.24. The van der Waals surface area contributed by atoms with Crippen LogP contribution in [0, 0.1) is 0 Å². The first-order chi connectivity index (χ1) is 11.3. The van der Waals surface area contributed by atoms with Gasteiger partial charge in [-0.15, -0.1) is 0 Å². The number of aliphatic carboxylic acids is 3. The van der Waals surface area contributed by atoms with E-state index in [1.807, 2.05) is 0 Å². The number of rotatable bonds is 9. The highest BCUT2D eigenvalue weighted by Gasteiger charge is 2.45. The van der Waals surface area contributed by atoms with Crippen molar-refractivity contribution < 1.29 is 58.7 Å². The van der Waals surface area contributed by atoms with Gasteiger partial charge in [0.05, 0.1) is 40.6 Å². The molecule has 0 spiro atoms. The predicted molar refractivity (Wildman–Crippen MR) is 78.1 cm³/mol. The number of hydrogen-bond acceptors (Lipinski definition) is 8. The molecule has 0 amide bonds. The minimum atomic E-state index is -2.56. The number of likely N-dealkylation sites (N-methyl/N-ethyl adjacent to an activating group) is 1. The van der Waals surface area contributed by atoms with E-state index in [4.69, 9.17) is 30.3 Å². The van der Waals surface area contributed by atoms with E-state index in [0.717, 1.165) is 11.0 Å². The third-order valence-electron chi connectivity index (χ3n) is 2.31. The van der Waals surface area contributed by atoms with Crippen LogP contribution in [-0.4, -0.2) is 95.7 Å². The summed E-state index contributed by atoms with van der Waals surface area (Å²) in [5, 5.41) is 42.0. The van der Waals surface area contributed by atoms with Crippen LogP contribution < -0.4 is 5.11 Å². The number of carbonyl (C=O) groups excluding carboxylic acids is 2. The highest BCUT2D eigenvalue weighted by Crippen LogP contribution is 2.20. The predicted octanol–water partition coefficient (Wildman–Crippen LogP) is -3.02. The van der Waals surface area contributed by atoms with Gasteiger partial charge in [0.15, 0.2) is 0 Å². The molecule has 0 unspecified atom stereocenters. The standard InChI is InChI=1S/C7H8O8.C5H14NO.CH2O2/c8-3-15-7(6(13)14,1-4(9)10)2-5(11)12;1-6(2,3)4-5-7;2-1-3/h3H,1-2H2,(H,9,10)(H,11,12)(H,13,14);7H,4-5H2,1-3H3;1H,(H,2,3)/q;+1;/p-1. The molecule has 146 valence electrons. The zero-order valence-electron chi connectivity index (χ0n) is 14.1. The number of ether oxygens (including phenoxy) is 1. The molecule has 25 heavy (non-hydrogen) atoms. The molecule has 0 aliphatic rings. The summed E-state index contributed by atoms with van der Waals surface area (Å²) in [5.74, 6) is -4.99. The summed E-state index contributed by atoms with van der Waals surface area (Å²) in [6, 6.07) is 0. The average molecular weight is 369 g/mol. The van der Waals surface area contributed by atoms with E-state index in [9.17, 15) is 19.2 Å². The fourth-order valence-corrected chi connectivity index (χ4v) is 1.23. The van der Waals surface area contributed by atoms with Crippen molar-refractivity contribution >= 4 is 30.9 Å². The van der Waals surface area contributed by atoms with Crippen molar-refractivity contribution in [3.8, 4) is 0 Å². The molecule has 0 rings (SSSR count). The number of carboxylic acids is 3. The maximum Gasteiger partial charge on any atom is 0.349 e. The summed E-state index contributed by atoms with van der Waals surface area (Å²) >= 11 is 0. The van der Waals surface area contributed by atoms with E-state index in [-0.39, 0.29) is 13.1 Å². The molecule has 0 aromatic rings. The second-order valence-corrected chi connectivity index (χ2v) is 5.49. The molecule has 0 radical (unpaired) electrons. The number of aliphatic hydroxyl groups is 1. The number of aliphatic hydroxyl groups excluding tert-OH is 1. The zero-order valence-corrected chi connectivity index (χ0v) is 14.1. The lowest BCUT2D eigenvalue weighted by molar-refractivity contribution is -0.870. The summed E-state index contributed by atoms with van der Waals surface area (Å²) in [7, 11) is 6.16. The first-order valence-electron chi connectivity index (χ1n) is 6.57. The quantitative estimate of drug-likeness (QED) is 0.238. The van der Waals surface area contributed by atoms with Crippen molar-refractivity contribution in [3.63, 3.8) is 0 Å². The van der Waals surface area contributed by atoms with Gasteiger partial charge in [0, 0.05) is 6.47 Å². The van der Waals surface area contributed by atoms with E-state index in [1.165, 1.54) is 0 Å². The van der Waals surface area contributed by atoms with Gasteiger partial charge >= 0.3 is 17.9 Å². The smallest absolute Gasteiger partial charge is 0.349 e. The zero-order chi connectivity index (χ0) is 20.7. The monoisotopic (exact) mass is 369 g/mol. The molecule has 0 saturated carbocycles. The van der Waals surface area contributed by atoms with Gasteiger partial charge < -0.3 is 39.5 Å². The Hall–Kier alpha value is -2.73. The Morgan fingerprint density at radius 1 is 1.04 bits per heavy atom. The highest BCUT2D eigenvalue weighted by molar-refractivity contribution is 5.89. The Morgan fingerprint density at radius 3 is 1.52 bits per heavy atom. The Balaban J connectivity index is -0.000000401. The minimum absolute atomic E-state index is 0.281. The lowest BCUT2D eigenvalue weighted by atomic mass is 9.95. The Kier molecular flexibility index (Phi) is 14.9. The number of hydrogen-bond donors (Lipinski definition) is 4. The molecule has 0 aromatic carbocycles. The second-order valence-electron chi connectivity index (χ2n) is 5.49. The van der Waals surface area contributed by atoms with Gasteiger partial charge in [0.25, 0.3) is 6.47 Å². The summed E-state index contributed by atoms with van der Waals surface area (Å²) in [4.78, 5) is 49.6. The fraction of sp³-hybridized carbons (Fsp3) is 0.615. The van der Waals surface area contributed by atoms with E-state index >= 15 is 0 Å². The molecule has 12 heteroatoms. The maximum atomic E-state index is 10.7. The molecule has 12 nitrogen and oxygen atoms in total. The maximum absolute atomic E-state index is 10.7. The lowest BCUT2D eigenvalue weighted by Gasteiger charge is -2.23. The van der Waals surface area contributed by atoms with Gasteiger partial charge in [-0.05, 0) is 0 Å². The van der Waals surface area contributed by atoms with Crippen LogP contribution in [0.15, 0.2) is 0 Å². The molecule has 4 N–H and O–H groups in total. The molecule has 0 atom stereocenters. The van der Waals surface area contributed by atoms with Crippen molar-refractivity contribution in [1.82, 2.24) is 0 Å². The SMILES string of the molecule is C[N+](C)(C)CCO.O=COC(CC(=O)O)(CC(=O)O)C(=O)O.O=C[O-]. The van der Waals surface area contributed by atoms with Gasteiger partial charge in [-0.3, -0.25) is 14.4 Å². The van der Waals surface area contributed by atoms with Gasteiger partial charge in [0.1, 0.15) is 6.54 Å². The van der Waals surface area contributed by atoms with Crippen LogP contribution in [0.3, 0.4) is 0 Å². The van der Waals surface area contributed by atoms with E-state index in [2.05, 4.69) is 25.9 Å². The lowest BCUT2D eigenvalue weighted by Crippen LogP contribution is -2.45. The normalized spacial score (nSPS) is 10.1. The van der Waals surface area contributed by atoms with Crippen molar-refractivity contribution in [1.29, 1.82) is 0 Å². The number of carboxylic acid groups (broad SMARTS) is 4. The molecule has 0 saturated heterocycles. The third kappa shape index (κ3) is 17.5. The molecule has 0 bridgehead atoms. The molecular formula is C13H23NO11. The molecule has 0 aliphatic heterocycles. The summed E-state index contributed by atoms with van der Waals surface area (Å²) in [6.45, 7) is 0.323. The Morgan fingerprint density at radius 2 is 1.40 bits per heavy atom. The Labute approximate surface area is 143 Å². The molecular weight excluding hydrogens is 346 g/mol. The molecule has 0 fully saturated rings. The third-order valence-corrected chi connectivity index (χ3v) is 2.31. The van der Waals surface area contributed by atoms with E-state index in [1.54, 1.807) is 0 Å². The molecule has 0 heterocycles. The van der Waals surface area contributed by atoms with Crippen LogP contribution in [0.1, 0.15) is 12.8 Å². The molecule has 0 aromatic heterocycles. The largest absolute Gasteiger partial charge is 0.554 e. The van der Waals surface area contributed by atoms with Crippen LogP contribution >= 0.6 is 0 Å². The Bertz CT molecular complexity index is 426.